The lowest BCUT2D eigenvalue weighted by Crippen LogP contribution is -2.42. The zero-order valence-corrected chi connectivity index (χ0v) is 56.4. The Balaban J connectivity index is 0.716. The monoisotopic (exact) mass is 1370 g/mol. The molecule has 2 aliphatic rings. The number of amides is 4. The first-order chi connectivity index (χ1) is 45.0. The molecule has 1 atom stereocenters. The van der Waals surface area contributed by atoms with Gasteiger partial charge in [-0.15, -0.1) is 0 Å². The van der Waals surface area contributed by atoms with Crippen molar-refractivity contribution in [2.75, 3.05) is 96.5 Å². The van der Waals surface area contributed by atoms with Gasteiger partial charge in [0.15, 0.2) is 0 Å². The van der Waals surface area contributed by atoms with Gasteiger partial charge in [-0.25, -0.2) is 35.6 Å². The maximum Gasteiger partial charge on any atom is 0.254 e. The quantitative estimate of drug-likeness (QED) is 0.0196. The highest BCUT2D eigenvalue weighted by molar-refractivity contribution is 7.94. The lowest BCUT2D eigenvalue weighted by molar-refractivity contribution is -0.130. The number of hydrogen-bond donors (Lipinski definition) is 10. The molecule has 0 bridgehead atoms. The van der Waals surface area contributed by atoms with E-state index in [1.807, 2.05) is 0 Å². The second-order valence-corrected chi connectivity index (χ2v) is 29.7. The van der Waals surface area contributed by atoms with Crippen molar-refractivity contribution in [2.24, 2.45) is 0 Å². The molecule has 4 amide bonds. The molecule has 31 heteroatoms. The summed E-state index contributed by atoms with van der Waals surface area (Å²) < 4.78 is 102. The molecule has 0 aliphatic carbocycles. The van der Waals surface area contributed by atoms with Crippen LogP contribution in [0.2, 0.25) is 5.02 Å². The first-order valence-electron chi connectivity index (χ1n) is 30.7. The van der Waals surface area contributed by atoms with Gasteiger partial charge in [-0.1, -0.05) is 11.6 Å². The largest absolute Gasteiger partial charge is 0.379 e. The summed E-state index contributed by atoms with van der Waals surface area (Å²) in [6, 6.07) is 16.8. The molecule has 0 saturated carbocycles. The van der Waals surface area contributed by atoms with Gasteiger partial charge in [-0.2, -0.15) is 9.97 Å². The number of aromatic nitrogens is 4. The highest BCUT2D eigenvalue weighted by Gasteiger charge is 2.31. The number of carbonyl (C=O) groups excluding carboxylic acids is 4. The third kappa shape index (κ3) is 20.7. The molecule has 26 nitrogen and oxygen atoms in total. The van der Waals surface area contributed by atoms with Crippen LogP contribution in [0.5, 0.6) is 0 Å². The second-order valence-electron chi connectivity index (χ2n) is 24.4. The van der Waals surface area contributed by atoms with E-state index >= 15 is 8.78 Å². The number of halogens is 3. The van der Waals surface area contributed by atoms with Crippen LogP contribution >= 0.6 is 11.6 Å². The molecule has 0 spiro atoms. The molecule has 0 unspecified atom stereocenters. The van der Waals surface area contributed by atoms with E-state index in [0.29, 0.717) is 52.8 Å². The number of hydrogen-bond acceptors (Lipinski definition) is 20. The molecule has 4 aromatic carbocycles. The predicted octanol–water partition coefficient (Wildman–Crippen LogP) is 9.07. The lowest BCUT2D eigenvalue weighted by Gasteiger charge is -2.27. The maximum atomic E-state index is 15.4. The molecule has 1 saturated heterocycles. The van der Waals surface area contributed by atoms with Crippen molar-refractivity contribution in [3.05, 3.63) is 142 Å². The van der Waals surface area contributed by atoms with Crippen LogP contribution in [-0.2, 0) is 39.1 Å². The number of piperidine rings is 1. The minimum atomic E-state index is -3.92. The number of ether oxygens (including phenoxy) is 3. The fourth-order valence-corrected chi connectivity index (χ4v) is 10.9. The Morgan fingerprint density at radius 3 is 1.68 bits per heavy atom. The predicted molar refractivity (Wildman–Crippen MR) is 361 cm³/mol. The Bertz CT molecular complexity index is 4020. The van der Waals surface area contributed by atoms with Gasteiger partial charge in [0.25, 0.3) is 17.7 Å². The first-order valence-corrected chi connectivity index (χ1v) is 34.0. The van der Waals surface area contributed by atoms with Crippen molar-refractivity contribution >= 4 is 113 Å². The maximum absolute atomic E-state index is 15.4. The van der Waals surface area contributed by atoms with Crippen LogP contribution in [0.25, 0.3) is 0 Å². The number of sulfonamides is 2. The van der Waals surface area contributed by atoms with E-state index in [4.69, 9.17) is 25.8 Å². The molecule has 4 heterocycles. The molecule has 10 N–H and O–H groups in total. The SMILES string of the molecule is Cc1cnc(Nc2ccc(C(=O)NC3CCNCC3)c(F)c2)nc1Nc1cc(NS(=O)(=O)C(C)(C)C)cc(C(=O)NCCOCCOCCOCCC(=O)N2C=C[C@@H](NC(=O)c3ccc(Nc4ncc(C)c(Nc5ccc(Cl)c(NS(=O)(=O)C(C)(C)C)c5)n4)cc3F)CC2)c1. The Hall–Kier alpha value is -8.65. The van der Waals surface area contributed by atoms with E-state index in [1.165, 1.54) is 53.6 Å². The molecule has 8 rings (SSSR count). The molecule has 510 valence electrons. The van der Waals surface area contributed by atoms with Gasteiger partial charge in [0.2, 0.25) is 37.9 Å². The van der Waals surface area contributed by atoms with E-state index in [-0.39, 0.29) is 115 Å². The number of carbonyl (C=O) groups is 4. The van der Waals surface area contributed by atoms with Crippen LogP contribution in [0.1, 0.15) is 109 Å². The van der Waals surface area contributed by atoms with Gasteiger partial charge in [0.05, 0.1) is 89.1 Å². The van der Waals surface area contributed by atoms with Crippen LogP contribution in [0.3, 0.4) is 0 Å². The minimum Gasteiger partial charge on any atom is -0.379 e. The summed E-state index contributed by atoms with van der Waals surface area (Å²) in [6.07, 6.45) is 8.31. The van der Waals surface area contributed by atoms with Gasteiger partial charge in [-0.05, 0) is 167 Å². The zero-order valence-electron chi connectivity index (χ0n) is 54.0. The van der Waals surface area contributed by atoms with E-state index < -0.39 is 64.9 Å². The molecular weight excluding hydrogens is 1290 g/mol. The summed E-state index contributed by atoms with van der Waals surface area (Å²) in [4.78, 5) is 71.7. The highest BCUT2D eigenvalue weighted by atomic mass is 35.5. The first kappa shape index (κ1) is 72.2. The van der Waals surface area contributed by atoms with E-state index in [2.05, 4.69) is 71.9 Å². The highest BCUT2D eigenvalue weighted by Crippen LogP contribution is 2.33. The Kier molecular flexibility index (Phi) is 24.5. The summed E-state index contributed by atoms with van der Waals surface area (Å²) in [6.45, 7) is 16.0. The standard InChI is InChI=1S/C64H80ClF2N15O11S2/c1-39-37-70-61(78-56(39)72-46-11-14-51(65)54(36-46)81-95(89,90)64(6,7)8)76-44-10-13-50(53(67)35-44)60(86)75-43-17-23-82(24-18-43)55(83)19-25-91-27-29-93-30-28-92-26-22-69-58(84)41-31-47(33-48(32-41)80-94(87,88)63(3,4)5)73-57-40(2)38-71-62(79-57)77-45-9-12-49(52(66)34-45)59(85)74-42-15-20-68-21-16-42/h9-14,17,23,31-38,42-43,68,80-81H,15-16,18-22,24-30H2,1-8H3,(H,69,84)(H,74,85)(H,75,86)(H2,70,72,76,78)(H2,71,73,77,79)/t43-/m1/s1. The number of nitrogens with one attached hydrogen (secondary N) is 10. The number of aryl methyl sites for hydroxylation is 2. The minimum absolute atomic E-state index is 0.0432. The van der Waals surface area contributed by atoms with E-state index in [0.717, 1.165) is 32.0 Å². The Morgan fingerprint density at radius 2 is 1.13 bits per heavy atom. The molecule has 2 aliphatic heterocycles. The summed E-state index contributed by atoms with van der Waals surface area (Å²) >= 11 is 6.31. The number of benzene rings is 4. The van der Waals surface area contributed by atoms with Crippen LogP contribution in [0.4, 0.5) is 66.4 Å². The van der Waals surface area contributed by atoms with Gasteiger partial charge >= 0.3 is 0 Å². The molecular formula is C64H80ClF2N15O11S2. The van der Waals surface area contributed by atoms with Crippen LogP contribution in [0.15, 0.2) is 97.5 Å². The van der Waals surface area contributed by atoms with Crippen LogP contribution in [0, 0.1) is 25.5 Å². The second kappa shape index (κ2) is 32.2. The van der Waals surface area contributed by atoms with Crippen molar-refractivity contribution in [3.8, 4) is 0 Å². The summed E-state index contributed by atoms with van der Waals surface area (Å²) in [5.41, 5.74) is 2.75. The van der Waals surface area contributed by atoms with E-state index in [9.17, 15) is 36.0 Å². The van der Waals surface area contributed by atoms with Crippen molar-refractivity contribution in [3.63, 3.8) is 0 Å². The number of anilines is 10. The molecule has 0 radical (unpaired) electrons. The van der Waals surface area contributed by atoms with Crippen LogP contribution in [-0.4, -0.2) is 153 Å². The molecule has 2 aromatic heterocycles. The lowest BCUT2D eigenvalue weighted by atomic mass is 10.1. The zero-order chi connectivity index (χ0) is 68.7. The van der Waals surface area contributed by atoms with Crippen molar-refractivity contribution in [2.45, 2.75) is 103 Å². The molecule has 6 aromatic rings. The summed E-state index contributed by atoms with van der Waals surface area (Å²) in [5.74, 6) is -2.47. The van der Waals surface area contributed by atoms with Gasteiger partial charge in [-0.3, -0.25) is 28.6 Å². The average Bonchev–Trinajstić information content (AvgIpc) is 0.833. The van der Waals surface area contributed by atoms with Crippen LogP contribution < -0.4 is 52.0 Å². The van der Waals surface area contributed by atoms with Gasteiger partial charge in [0, 0.05) is 77.2 Å². The van der Waals surface area contributed by atoms with Gasteiger partial charge < -0.3 is 61.6 Å². The smallest absolute Gasteiger partial charge is 0.254 e. The molecule has 1 fully saturated rings. The number of nitrogens with zero attached hydrogens (tertiary/aromatic N) is 5. The Labute approximate surface area is 556 Å². The van der Waals surface area contributed by atoms with Crippen molar-refractivity contribution < 1.29 is 59.0 Å². The van der Waals surface area contributed by atoms with Crippen molar-refractivity contribution in [1.29, 1.82) is 0 Å². The van der Waals surface area contributed by atoms with Gasteiger partial charge in [0.1, 0.15) is 23.3 Å². The number of rotatable bonds is 29. The third-order valence-electron chi connectivity index (χ3n) is 14.9. The fourth-order valence-electron chi connectivity index (χ4n) is 9.16. The van der Waals surface area contributed by atoms with E-state index in [1.54, 1.807) is 98.1 Å². The fraction of sp³-hybridized carbons (Fsp3) is 0.406. The van der Waals surface area contributed by atoms with Crippen molar-refractivity contribution in [1.82, 2.24) is 46.1 Å². The Morgan fingerprint density at radius 1 is 0.611 bits per heavy atom. The average molecular weight is 1370 g/mol. The molecule has 95 heavy (non-hydrogen) atoms. The third-order valence-corrected chi connectivity index (χ3v) is 19.5. The summed E-state index contributed by atoms with van der Waals surface area (Å²) in [7, 11) is -7.68. The summed E-state index contributed by atoms with van der Waals surface area (Å²) in [5, 5.41) is 24.1. The normalized spacial score (nSPS) is 14.6. The topological polar surface area (TPSA) is 339 Å².